The van der Waals surface area contributed by atoms with Crippen molar-refractivity contribution in [3.05, 3.63) is 69.2 Å². The Morgan fingerprint density at radius 3 is 2.05 bits per heavy atom. The molecule has 0 radical (unpaired) electrons. The lowest BCUT2D eigenvalue weighted by Gasteiger charge is -2.14. The summed E-state index contributed by atoms with van der Waals surface area (Å²) in [6.45, 7) is 6.63. The minimum Gasteiger partial charge on any atom is -0.0786 e. The van der Waals surface area contributed by atoms with Gasteiger partial charge in [0.25, 0.3) is 0 Å². The standard InChI is InChI=1S/C18H20Br2/c1-4-12(2)14-5-7-15(8-6-14)18(20)16-9-10-17(19)13(3)11-16/h5-12,18H,4H2,1-3H3. The number of benzene rings is 2. The lowest BCUT2D eigenvalue weighted by atomic mass is 9.96. The Hall–Kier alpha value is -0.600. The lowest BCUT2D eigenvalue weighted by molar-refractivity contribution is 0.733. The van der Waals surface area contributed by atoms with Crippen molar-refractivity contribution >= 4 is 31.9 Å². The molecule has 2 unspecified atom stereocenters. The van der Waals surface area contributed by atoms with E-state index in [0.29, 0.717) is 5.92 Å². The molecule has 2 rings (SSSR count). The van der Waals surface area contributed by atoms with Crippen LogP contribution in [0.2, 0.25) is 0 Å². The molecule has 0 nitrogen and oxygen atoms in total. The van der Waals surface area contributed by atoms with E-state index in [1.807, 2.05) is 0 Å². The number of hydrogen-bond acceptors (Lipinski definition) is 0. The highest BCUT2D eigenvalue weighted by molar-refractivity contribution is 9.10. The third-order valence-electron chi connectivity index (χ3n) is 3.89. The summed E-state index contributed by atoms with van der Waals surface area (Å²) in [5.41, 5.74) is 5.28. The van der Waals surface area contributed by atoms with Crippen LogP contribution in [-0.4, -0.2) is 0 Å². The van der Waals surface area contributed by atoms with Crippen LogP contribution in [0.15, 0.2) is 46.9 Å². The highest BCUT2D eigenvalue weighted by Crippen LogP contribution is 2.33. The van der Waals surface area contributed by atoms with Gasteiger partial charge in [0.05, 0.1) is 4.83 Å². The zero-order chi connectivity index (χ0) is 14.7. The molecule has 0 aliphatic carbocycles. The second kappa shape index (κ2) is 6.91. The van der Waals surface area contributed by atoms with E-state index >= 15 is 0 Å². The van der Waals surface area contributed by atoms with Crippen LogP contribution >= 0.6 is 31.9 Å². The van der Waals surface area contributed by atoms with Crippen LogP contribution in [0.5, 0.6) is 0 Å². The molecule has 20 heavy (non-hydrogen) atoms. The molecule has 0 spiro atoms. The van der Waals surface area contributed by atoms with E-state index in [1.165, 1.54) is 28.7 Å². The molecule has 2 atom stereocenters. The highest BCUT2D eigenvalue weighted by Gasteiger charge is 2.12. The van der Waals surface area contributed by atoms with Gasteiger partial charge >= 0.3 is 0 Å². The molecule has 0 N–H and O–H groups in total. The number of rotatable bonds is 4. The molecule has 0 aliphatic heterocycles. The predicted molar refractivity (Wildman–Crippen MR) is 94.8 cm³/mol. The van der Waals surface area contributed by atoms with Gasteiger partial charge in [-0.05, 0) is 47.6 Å². The molecular weight excluding hydrogens is 376 g/mol. The van der Waals surface area contributed by atoms with Crippen LogP contribution in [0.4, 0.5) is 0 Å². The summed E-state index contributed by atoms with van der Waals surface area (Å²) >= 11 is 7.37. The van der Waals surface area contributed by atoms with Crippen LogP contribution in [0.25, 0.3) is 0 Å². The largest absolute Gasteiger partial charge is 0.0786 e. The molecule has 0 aliphatic rings. The maximum atomic E-state index is 3.82. The summed E-state index contributed by atoms with van der Waals surface area (Å²) in [6, 6.07) is 15.5. The Balaban J connectivity index is 2.24. The van der Waals surface area contributed by atoms with Gasteiger partial charge in [-0.2, -0.15) is 0 Å². The molecule has 0 saturated heterocycles. The maximum Gasteiger partial charge on any atom is 0.0644 e. The number of alkyl halides is 1. The van der Waals surface area contributed by atoms with Crippen LogP contribution < -0.4 is 0 Å². The summed E-state index contributed by atoms with van der Waals surface area (Å²) in [7, 11) is 0. The Labute approximate surface area is 138 Å². The van der Waals surface area contributed by atoms with E-state index in [1.54, 1.807) is 0 Å². The molecule has 2 aromatic carbocycles. The fourth-order valence-electron chi connectivity index (χ4n) is 2.25. The second-order valence-electron chi connectivity index (χ2n) is 5.35. The monoisotopic (exact) mass is 394 g/mol. The van der Waals surface area contributed by atoms with Crippen LogP contribution in [-0.2, 0) is 0 Å². The average Bonchev–Trinajstić information content (AvgIpc) is 2.48. The van der Waals surface area contributed by atoms with E-state index in [-0.39, 0.29) is 4.83 Å². The molecule has 0 bridgehead atoms. The fraction of sp³-hybridized carbons (Fsp3) is 0.333. The Morgan fingerprint density at radius 1 is 0.950 bits per heavy atom. The van der Waals surface area contributed by atoms with E-state index in [4.69, 9.17) is 0 Å². The molecule has 0 amide bonds. The number of halogens is 2. The van der Waals surface area contributed by atoms with E-state index in [0.717, 1.165) is 4.47 Å². The normalized spacial score (nSPS) is 14.1. The second-order valence-corrected chi connectivity index (χ2v) is 7.12. The smallest absolute Gasteiger partial charge is 0.0644 e. The summed E-state index contributed by atoms with van der Waals surface area (Å²) in [4.78, 5) is 0.250. The lowest BCUT2D eigenvalue weighted by Crippen LogP contribution is -1.96. The van der Waals surface area contributed by atoms with Crippen molar-refractivity contribution < 1.29 is 0 Å². The van der Waals surface area contributed by atoms with Gasteiger partial charge in [0, 0.05) is 4.47 Å². The summed E-state index contributed by atoms with van der Waals surface area (Å²) < 4.78 is 1.16. The zero-order valence-electron chi connectivity index (χ0n) is 12.2. The van der Waals surface area contributed by atoms with Gasteiger partial charge in [-0.25, -0.2) is 0 Å². The number of aryl methyl sites for hydroxylation is 1. The van der Waals surface area contributed by atoms with Gasteiger partial charge in [-0.1, -0.05) is 82.1 Å². The third-order valence-corrected chi connectivity index (χ3v) is 5.83. The van der Waals surface area contributed by atoms with Crippen molar-refractivity contribution in [2.75, 3.05) is 0 Å². The average molecular weight is 396 g/mol. The van der Waals surface area contributed by atoms with Crippen molar-refractivity contribution in [2.24, 2.45) is 0 Å². The minimum atomic E-state index is 0.250. The Kier molecular flexibility index (Phi) is 5.45. The van der Waals surface area contributed by atoms with Gasteiger partial charge in [-0.15, -0.1) is 0 Å². The molecule has 0 saturated carbocycles. The van der Waals surface area contributed by atoms with Gasteiger partial charge in [0.2, 0.25) is 0 Å². The summed E-state index contributed by atoms with van der Waals surface area (Å²) in [5, 5.41) is 0. The minimum absolute atomic E-state index is 0.250. The molecule has 106 valence electrons. The van der Waals surface area contributed by atoms with Gasteiger partial charge in [-0.3, -0.25) is 0 Å². The molecule has 0 aromatic heterocycles. The fourth-order valence-corrected chi connectivity index (χ4v) is 3.08. The van der Waals surface area contributed by atoms with Gasteiger partial charge in [0.1, 0.15) is 0 Å². The third kappa shape index (κ3) is 3.53. The van der Waals surface area contributed by atoms with Crippen molar-refractivity contribution in [1.29, 1.82) is 0 Å². The molecule has 0 heterocycles. The van der Waals surface area contributed by atoms with Crippen molar-refractivity contribution in [1.82, 2.24) is 0 Å². The maximum absolute atomic E-state index is 3.82. The van der Waals surface area contributed by atoms with E-state index in [9.17, 15) is 0 Å². The topological polar surface area (TPSA) is 0 Å². The summed E-state index contributed by atoms with van der Waals surface area (Å²) in [5.74, 6) is 0.632. The molecule has 2 heteroatoms. The Bertz CT molecular complexity index is 572. The van der Waals surface area contributed by atoms with Crippen molar-refractivity contribution in [2.45, 2.75) is 37.9 Å². The first kappa shape index (κ1) is 15.8. The highest BCUT2D eigenvalue weighted by atomic mass is 79.9. The van der Waals surface area contributed by atoms with Gasteiger partial charge < -0.3 is 0 Å². The van der Waals surface area contributed by atoms with Crippen LogP contribution in [0, 0.1) is 6.92 Å². The molecule has 0 fully saturated rings. The summed E-state index contributed by atoms with van der Waals surface area (Å²) in [6.07, 6.45) is 1.18. The predicted octanol–water partition coefficient (Wildman–Crippen LogP) is 6.76. The van der Waals surface area contributed by atoms with Gasteiger partial charge in [0.15, 0.2) is 0 Å². The van der Waals surface area contributed by atoms with E-state index < -0.39 is 0 Å². The first-order chi connectivity index (χ1) is 9.52. The Morgan fingerprint density at radius 2 is 1.50 bits per heavy atom. The van der Waals surface area contributed by atoms with Crippen molar-refractivity contribution in [3.8, 4) is 0 Å². The molecular formula is C18H20Br2. The zero-order valence-corrected chi connectivity index (χ0v) is 15.3. The van der Waals surface area contributed by atoms with Crippen LogP contribution in [0.3, 0.4) is 0 Å². The SMILES string of the molecule is CCC(C)c1ccc(C(Br)c2ccc(Br)c(C)c2)cc1. The van der Waals surface area contributed by atoms with Crippen LogP contribution in [0.1, 0.15) is 53.3 Å². The van der Waals surface area contributed by atoms with E-state index in [2.05, 4.69) is 95.1 Å². The first-order valence-corrected chi connectivity index (χ1v) is 8.73. The number of hydrogen-bond donors (Lipinski definition) is 0. The molecule has 2 aromatic rings. The first-order valence-electron chi connectivity index (χ1n) is 7.03. The van der Waals surface area contributed by atoms with Crippen molar-refractivity contribution in [3.63, 3.8) is 0 Å². The quantitative estimate of drug-likeness (QED) is 0.502.